The zero-order valence-electron chi connectivity index (χ0n) is 12.1. The first-order valence-corrected chi connectivity index (χ1v) is 6.61. The summed E-state index contributed by atoms with van der Waals surface area (Å²) in [6, 6.07) is -0.259. The van der Waals surface area contributed by atoms with Gasteiger partial charge in [0.25, 0.3) is 0 Å². The first-order chi connectivity index (χ1) is 8.83. The molecule has 6 heteroatoms. The second-order valence-electron chi connectivity index (χ2n) is 5.72. The molecule has 0 aromatic heterocycles. The fraction of sp³-hybridized carbons (Fsp3) is 0.846. The van der Waals surface area contributed by atoms with Crippen molar-refractivity contribution < 1.29 is 19.1 Å². The predicted octanol–water partition coefficient (Wildman–Crippen LogP) is 1.05. The lowest BCUT2D eigenvalue weighted by molar-refractivity contribution is -0.143. The van der Waals surface area contributed by atoms with E-state index in [-0.39, 0.29) is 12.0 Å². The van der Waals surface area contributed by atoms with Crippen molar-refractivity contribution in [3.63, 3.8) is 0 Å². The Morgan fingerprint density at radius 1 is 1.26 bits per heavy atom. The van der Waals surface area contributed by atoms with Crippen LogP contribution in [0.4, 0.5) is 4.79 Å². The Labute approximate surface area is 114 Å². The zero-order chi connectivity index (χ0) is 14.5. The van der Waals surface area contributed by atoms with Crippen LogP contribution >= 0.6 is 0 Å². The Kier molecular flexibility index (Phi) is 5.60. The van der Waals surface area contributed by atoms with Crippen LogP contribution in [-0.4, -0.2) is 43.9 Å². The maximum absolute atomic E-state index is 11.5. The Hall–Kier alpha value is -1.30. The van der Waals surface area contributed by atoms with Crippen LogP contribution in [0.25, 0.3) is 0 Å². The molecule has 0 radical (unpaired) electrons. The van der Waals surface area contributed by atoms with Crippen molar-refractivity contribution in [2.45, 2.75) is 45.3 Å². The lowest BCUT2D eigenvalue weighted by Gasteiger charge is -2.20. The summed E-state index contributed by atoms with van der Waals surface area (Å²) >= 11 is 0. The molecule has 2 N–H and O–H groups in total. The van der Waals surface area contributed by atoms with Gasteiger partial charge in [-0.1, -0.05) is 0 Å². The van der Waals surface area contributed by atoms with Gasteiger partial charge in [-0.3, -0.25) is 4.79 Å². The average molecular weight is 272 g/mol. The lowest BCUT2D eigenvalue weighted by atomic mass is 10.2. The molecule has 1 aliphatic rings. The molecule has 1 rings (SSSR count). The van der Waals surface area contributed by atoms with Crippen LogP contribution in [0.5, 0.6) is 0 Å². The largest absolute Gasteiger partial charge is 0.468 e. The summed E-state index contributed by atoms with van der Waals surface area (Å²) in [5, 5.41) is 5.74. The molecule has 1 aliphatic carbocycles. The van der Waals surface area contributed by atoms with Crippen LogP contribution in [0.3, 0.4) is 0 Å². The summed E-state index contributed by atoms with van der Waals surface area (Å²) in [5.41, 5.74) is -0.500. The van der Waals surface area contributed by atoms with E-state index < -0.39 is 11.7 Å². The van der Waals surface area contributed by atoms with Crippen molar-refractivity contribution in [3.8, 4) is 0 Å². The third-order valence-corrected chi connectivity index (χ3v) is 2.71. The predicted molar refractivity (Wildman–Crippen MR) is 70.8 cm³/mol. The van der Waals surface area contributed by atoms with E-state index in [4.69, 9.17) is 9.47 Å². The van der Waals surface area contributed by atoms with Crippen molar-refractivity contribution >= 4 is 12.1 Å². The molecule has 1 fully saturated rings. The maximum Gasteiger partial charge on any atom is 0.407 e. The minimum atomic E-state index is -0.500. The SMILES string of the molecule is COC(=O)C(NCCNC(=O)OC(C)(C)C)C1CC1. The van der Waals surface area contributed by atoms with Crippen molar-refractivity contribution in [1.82, 2.24) is 10.6 Å². The molecule has 0 aromatic carbocycles. The molecule has 1 unspecified atom stereocenters. The molecular weight excluding hydrogens is 248 g/mol. The van der Waals surface area contributed by atoms with E-state index in [2.05, 4.69) is 10.6 Å². The fourth-order valence-electron chi connectivity index (χ4n) is 1.71. The van der Waals surface area contributed by atoms with Crippen molar-refractivity contribution in [3.05, 3.63) is 0 Å². The number of ether oxygens (including phenoxy) is 2. The Balaban J connectivity index is 2.18. The van der Waals surface area contributed by atoms with Crippen LogP contribution in [0, 0.1) is 5.92 Å². The van der Waals surface area contributed by atoms with Gasteiger partial charge in [-0.05, 0) is 39.5 Å². The van der Waals surface area contributed by atoms with E-state index in [0.717, 1.165) is 12.8 Å². The van der Waals surface area contributed by atoms with Crippen LogP contribution < -0.4 is 10.6 Å². The quantitative estimate of drug-likeness (QED) is 0.558. The minimum Gasteiger partial charge on any atom is -0.468 e. The summed E-state index contributed by atoms with van der Waals surface area (Å²) in [5.74, 6) is 0.133. The number of carbonyl (C=O) groups is 2. The second kappa shape index (κ2) is 6.75. The standard InChI is InChI=1S/C13H24N2O4/c1-13(2,3)19-12(17)15-8-7-14-10(9-5-6-9)11(16)18-4/h9-10,14H,5-8H2,1-4H3,(H,15,17). The zero-order valence-corrected chi connectivity index (χ0v) is 12.1. The number of amides is 1. The van der Waals surface area contributed by atoms with Crippen molar-refractivity contribution in [2.75, 3.05) is 20.2 Å². The highest BCUT2D eigenvalue weighted by Crippen LogP contribution is 2.32. The van der Waals surface area contributed by atoms with Gasteiger partial charge in [0.2, 0.25) is 0 Å². The molecule has 0 aromatic rings. The summed E-state index contributed by atoms with van der Waals surface area (Å²) in [6.07, 6.45) is 1.65. The van der Waals surface area contributed by atoms with Crippen LogP contribution in [-0.2, 0) is 14.3 Å². The number of methoxy groups -OCH3 is 1. The Morgan fingerprint density at radius 2 is 1.89 bits per heavy atom. The first kappa shape index (κ1) is 15.8. The average Bonchev–Trinajstić information content (AvgIpc) is 3.09. The summed E-state index contributed by atoms with van der Waals surface area (Å²) < 4.78 is 9.85. The first-order valence-electron chi connectivity index (χ1n) is 6.61. The Bertz CT molecular complexity index is 321. The topological polar surface area (TPSA) is 76.7 Å². The van der Waals surface area contributed by atoms with Gasteiger partial charge in [-0.2, -0.15) is 0 Å². The smallest absolute Gasteiger partial charge is 0.407 e. The monoisotopic (exact) mass is 272 g/mol. The van der Waals surface area contributed by atoms with Crippen LogP contribution in [0.1, 0.15) is 33.6 Å². The molecule has 0 heterocycles. The van der Waals surface area contributed by atoms with Crippen LogP contribution in [0.2, 0.25) is 0 Å². The molecule has 0 saturated heterocycles. The summed E-state index contributed by atoms with van der Waals surface area (Å²) in [7, 11) is 1.39. The van der Waals surface area contributed by atoms with Crippen molar-refractivity contribution in [2.24, 2.45) is 5.92 Å². The van der Waals surface area contributed by atoms with Gasteiger partial charge in [0.05, 0.1) is 7.11 Å². The van der Waals surface area contributed by atoms with Gasteiger partial charge in [0, 0.05) is 13.1 Å². The number of carbonyl (C=O) groups excluding carboxylic acids is 2. The molecular formula is C13H24N2O4. The Morgan fingerprint density at radius 3 is 2.37 bits per heavy atom. The number of nitrogens with one attached hydrogen (secondary N) is 2. The molecule has 1 amide bonds. The molecule has 6 nitrogen and oxygen atoms in total. The fourth-order valence-corrected chi connectivity index (χ4v) is 1.71. The van der Waals surface area contributed by atoms with E-state index in [1.807, 2.05) is 20.8 Å². The van der Waals surface area contributed by atoms with Gasteiger partial charge in [0.15, 0.2) is 0 Å². The second-order valence-corrected chi connectivity index (χ2v) is 5.72. The molecule has 0 bridgehead atoms. The third kappa shape index (κ3) is 6.42. The number of hydrogen-bond acceptors (Lipinski definition) is 5. The third-order valence-electron chi connectivity index (χ3n) is 2.71. The number of hydrogen-bond donors (Lipinski definition) is 2. The maximum atomic E-state index is 11.5. The van der Waals surface area contributed by atoms with Gasteiger partial charge in [-0.15, -0.1) is 0 Å². The van der Waals surface area contributed by atoms with E-state index in [1.165, 1.54) is 7.11 Å². The van der Waals surface area contributed by atoms with Crippen molar-refractivity contribution in [1.29, 1.82) is 0 Å². The minimum absolute atomic E-state index is 0.236. The van der Waals surface area contributed by atoms with E-state index >= 15 is 0 Å². The highest BCUT2D eigenvalue weighted by Gasteiger charge is 2.36. The number of rotatable bonds is 6. The van der Waals surface area contributed by atoms with E-state index in [9.17, 15) is 9.59 Å². The number of esters is 1. The summed E-state index contributed by atoms with van der Waals surface area (Å²) in [6.45, 7) is 6.35. The van der Waals surface area contributed by atoms with E-state index in [0.29, 0.717) is 19.0 Å². The highest BCUT2D eigenvalue weighted by atomic mass is 16.6. The molecule has 1 saturated carbocycles. The molecule has 1 atom stereocenters. The van der Waals surface area contributed by atoms with Gasteiger partial charge in [-0.25, -0.2) is 4.79 Å². The van der Waals surface area contributed by atoms with Gasteiger partial charge in [0.1, 0.15) is 11.6 Å². The van der Waals surface area contributed by atoms with E-state index in [1.54, 1.807) is 0 Å². The lowest BCUT2D eigenvalue weighted by Crippen LogP contribution is -2.44. The number of alkyl carbamates (subject to hydrolysis) is 1. The molecule has 0 spiro atoms. The summed E-state index contributed by atoms with van der Waals surface area (Å²) in [4.78, 5) is 22.9. The normalized spacial score (nSPS) is 16.6. The molecule has 110 valence electrons. The van der Waals surface area contributed by atoms with Crippen LogP contribution in [0.15, 0.2) is 0 Å². The highest BCUT2D eigenvalue weighted by molar-refractivity contribution is 5.76. The molecule has 0 aliphatic heterocycles. The molecule has 19 heavy (non-hydrogen) atoms. The van der Waals surface area contributed by atoms with Gasteiger partial charge >= 0.3 is 12.1 Å². The van der Waals surface area contributed by atoms with Gasteiger partial charge < -0.3 is 20.1 Å².